The van der Waals surface area contributed by atoms with Gasteiger partial charge in [-0.25, -0.2) is 0 Å². The standard InChI is InChI=1S/C20H23N5O2/c1-14(27-18-6-2-4-15(10-18)11-21)20(26)24-9-3-5-16(12-24)19-23-22-13-25(19)17-7-8-17/h2,4,6,10,13-14,16-17H,3,5,7-9,12H2,1H3. The van der Waals surface area contributed by atoms with E-state index >= 15 is 0 Å². The zero-order valence-corrected chi connectivity index (χ0v) is 15.4. The van der Waals surface area contributed by atoms with E-state index in [2.05, 4.69) is 20.8 Å². The van der Waals surface area contributed by atoms with E-state index in [1.165, 1.54) is 12.8 Å². The molecule has 7 heteroatoms. The van der Waals surface area contributed by atoms with Gasteiger partial charge in [-0.1, -0.05) is 6.07 Å². The minimum atomic E-state index is -0.598. The number of rotatable bonds is 5. The van der Waals surface area contributed by atoms with Gasteiger partial charge in [0.2, 0.25) is 0 Å². The van der Waals surface area contributed by atoms with Crippen LogP contribution in [0.1, 0.15) is 56.0 Å². The van der Waals surface area contributed by atoms with Crippen LogP contribution in [0, 0.1) is 11.3 Å². The maximum absolute atomic E-state index is 12.9. The SMILES string of the molecule is CC(Oc1cccc(C#N)c1)C(=O)N1CCCC(c2nncn2C2CC2)C1. The van der Waals surface area contributed by atoms with Crippen LogP contribution < -0.4 is 4.74 Å². The molecule has 1 aliphatic carbocycles. The lowest BCUT2D eigenvalue weighted by Gasteiger charge is -2.34. The fourth-order valence-electron chi connectivity index (χ4n) is 3.72. The van der Waals surface area contributed by atoms with Crippen molar-refractivity contribution in [3.63, 3.8) is 0 Å². The summed E-state index contributed by atoms with van der Waals surface area (Å²) in [6, 6.07) is 9.51. The van der Waals surface area contributed by atoms with E-state index in [-0.39, 0.29) is 11.8 Å². The van der Waals surface area contributed by atoms with E-state index in [9.17, 15) is 4.79 Å². The molecule has 27 heavy (non-hydrogen) atoms. The number of nitrogens with zero attached hydrogens (tertiary/aromatic N) is 5. The molecule has 0 bridgehead atoms. The van der Waals surface area contributed by atoms with Crippen LogP contribution in [0.3, 0.4) is 0 Å². The van der Waals surface area contributed by atoms with Crippen molar-refractivity contribution in [1.29, 1.82) is 5.26 Å². The predicted molar refractivity (Wildman–Crippen MR) is 98.1 cm³/mol. The molecule has 0 spiro atoms. The minimum absolute atomic E-state index is 0.0282. The number of likely N-dealkylation sites (tertiary alicyclic amines) is 1. The molecule has 0 N–H and O–H groups in total. The van der Waals surface area contributed by atoms with Crippen LogP contribution in [0.5, 0.6) is 5.75 Å². The molecule has 1 aromatic heterocycles. The molecule has 2 atom stereocenters. The minimum Gasteiger partial charge on any atom is -0.481 e. The Labute approximate surface area is 158 Å². The van der Waals surface area contributed by atoms with Crippen LogP contribution in [0.15, 0.2) is 30.6 Å². The van der Waals surface area contributed by atoms with Gasteiger partial charge in [0.25, 0.3) is 5.91 Å². The molecule has 2 fully saturated rings. The monoisotopic (exact) mass is 365 g/mol. The maximum atomic E-state index is 12.9. The summed E-state index contributed by atoms with van der Waals surface area (Å²) in [5, 5.41) is 17.4. The topological polar surface area (TPSA) is 84.0 Å². The number of piperidine rings is 1. The van der Waals surface area contributed by atoms with E-state index in [0.717, 1.165) is 25.2 Å². The quantitative estimate of drug-likeness (QED) is 0.813. The second kappa shape index (κ2) is 7.39. The first kappa shape index (κ1) is 17.5. The molecule has 2 aliphatic rings. The molecule has 2 heterocycles. The fourth-order valence-corrected chi connectivity index (χ4v) is 3.72. The molecule has 140 valence electrons. The number of nitriles is 1. The summed E-state index contributed by atoms with van der Waals surface area (Å²) in [6.45, 7) is 3.15. The van der Waals surface area contributed by atoms with Crippen LogP contribution >= 0.6 is 0 Å². The van der Waals surface area contributed by atoms with Crippen molar-refractivity contribution in [2.45, 2.75) is 50.7 Å². The molecule has 2 aromatic rings. The summed E-state index contributed by atoms with van der Waals surface area (Å²) >= 11 is 0. The second-order valence-corrected chi connectivity index (χ2v) is 7.35. The highest BCUT2D eigenvalue weighted by Crippen LogP contribution is 2.38. The molecular formula is C20H23N5O2. The van der Waals surface area contributed by atoms with Crippen molar-refractivity contribution in [2.24, 2.45) is 0 Å². The summed E-state index contributed by atoms with van der Waals surface area (Å²) in [4.78, 5) is 14.8. The highest BCUT2D eigenvalue weighted by molar-refractivity contribution is 5.81. The lowest BCUT2D eigenvalue weighted by molar-refractivity contribution is -0.139. The van der Waals surface area contributed by atoms with Gasteiger partial charge in [-0.3, -0.25) is 4.79 Å². The largest absolute Gasteiger partial charge is 0.481 e. The van der Waals surface area contributed by atoms with E-state index in [4.69, 9.17) is 10.00 Å². The molecule has 7 nitrogen and oxygen atoms in total. The van der Waals surface area contributed by atoms with Crippen molar-refractivity contribution < 1.29 is 9.53 Å². The van der Waals surface area contributed by atoms with Crippen molar-refractivity contribution >= 4 is 5.91 Å². The number of carbonyl (C=O) groups excluding carboxylic acids is 1. The highest BCUT2D eigenvalue weighted by atomic mass is 16.5. The average molecular weight is 365 g/mol. The number of carbonyl (C=O) groups is 1. The van der Waals surface area contributed by atoms with Crippen LogP contribution in [-0.4, -0.2) is 44.8 Å². The number of hydrogen-bond donors (Lipinski definition) is 0. The van der Waals surface area contributed by atoms with Gasteiger partial charge in [0.05, 0.1) is 11.6 Å². The lowest BCUT2D eigenvalue weighted by atomic mass is 9.96. The summed E-state index contributed by atoms with van der Waals surface area (Å²) < 4.78 is 7.98. The third-order valence-corrected chi connectivity index (χ3v) is 5.26. The Morgan fingerprint density at radius 1 is 1.37 bits per heavy atom. The van der Waals surface area contributed by atoms with E-state index in [1.807, 2.05) is 11.2 Å². The Morgan fingerprint density at radius 3 is 3.00 bits per heavy atom. The van der Waals surface area contributed by atoms with Gasteiger partial charge in [0.15, 0.2) is 6.10 Å². The predicted octanol–water partition coefficient (Wildman–Crippen LogP) is 2.66. The fraction of sp³-hybridized carbons (Fsp3) is 0.500. The molecule has 1 saturated heterocycles. The van der Waals surface area contributed by atoms with Gasteiger partial charge in [0.1, 0.15) is 17.9 Å². The smallest absolute Gasteiger partial charge is 0.263 e. The maximum Gasteiger partial charge on any atom is 0.263 e. The van der Waals surface area contributed by atoms with Gasteiger partial charge in [0, 0.05) is 25.0 Å². The van der Waals surface area contributed by atoms with Gasteiger partial charge in [-0.05, 0) is 50.8 Å². The van der Waals surface area contributed by atoms with Gasteiger partial charge < -0.3 is 14.2 Å². The number of aromatic nitrogens is 3. The molecule has 4 rings (SSSR count). The third-order valence-electron chi connectivity index (χ3n) is 5.26. The molecule has 1 saturated carbocycles. The molecule has 2 unspecified atom stereocenters. The van der Waals surface area contributed by atoms with Crippen molar-refractivity contribution in [3.05, 3.63) is 42.0 Å². The Hall–Kier alpha value is -2.88. The van der Waals surface area contributed by atoms with Crippen LogP contribution in [0.2, 0.25) is 0 Å². The van der Waals surface area contributed by atoms with Crippen molar-refractivity contribution in [3.8, 4) is 11.8 Å². The summed E-state index contributed by atoms with van der Waals surface area (Å²) in [6.07, 6.45) is 5.57. The number of ether oxygens (including phenoxy) is 1. The van der Waals surface area contributed by atoms with E-state index in [0.29, 0.717) is 23.9 Å². The van der Waals surface area contributed by atoms with Crippen molar-refractivity contribution in [2.75, 3.05) is 13.1 Å². The van der Waals surface area contributed by atoms with Gasteiger partial charge in [-0.15, -0.1) is 10.2 Å². The zero-order chi connectivity index (χ0) is 18.8. The first-order valence-electron chi connectivity index (χ1n) is 9.50. The normalized spacial score (nSPS) is 20.7. The second-order valence-electron chi connectivity index (χ2n) is 7.35. The number of amides is 1. The summed E-state index contributed by atoms with van der Waals surface area (Å²) in [7, 11) is 0. The number of hydrogen-bond acceptors (Lipinski definition) is 5. The Kier molecular flexibility index (Phi) is 4.80. The highest BCUT2D eigenvalue weighted by Gasteiger charge is 2.33. The molecule has 1 aliphatic heterocycles. The van der Waals surface area contributed by atoms with Crippen molar-refractivity contribution in [1.82, 2.24) is 19.7 Å². The zero-order valence-electron chi connectivity index (χ0n) is 15.4. The Balaban J connectivity index is 1.42. The molecule has 1 aromatic carbocycles. The summed E-state index contributed by atoms with van der Waals surface area (Å²) in [5.74, 6) is 1.74. The lowest BCUT2D eigenvalue weighted by Crippen LogP contribution is -2.45. The molecule has 0 radical (unpaired) electrons. The Morgan fingerprint density at radius 2 is 2.22 bits per heavy atom. The van der Waals surface area contributed by atoms with E-state index in [1.54, 1.807) is 31.2 Å². The average Bonchev–Trinajstić information content (AvgIpc) is 3.43. The Bertz CT molecular complexity index is 867. The van der Waals surface area contributed by atoms with E-state index < -0.39 is 6.10 Å². The summed E-state index contributed by atoms with van der Waals surface area (Å²) in [5.41, 5.74) is 0.518. The first-order valence-corrected chi connectivity index (χ1v) is 9.50. The van der Waals surface area contributed by atoms with Crippen LogP contribution in [-0.2, 0) is 4.79 Å². The molecule has 1 amide bonds. The van der Waals surface area contributed by atoms with Gasteiger partial charge >= 0.3 is 0 Å². The first-order chi connectivity index (χ1) is 13.2. The van der Waals surface area contributed by atoms with Crippen LogP contribution in [0.25, 0.3) is 0 Å². The number of benzene rings is 1. The molecular weight excluding hydrogens is 342 g/mol. The third kappa shape index (κ3) is 3.80. The van der Waals surface area contributed by atoms with Crippen LogP contribution in [0.4, 0.5) is 0 Å². The van der Waals surface area contributed by atoms with Gasteiger partial charge in [-0.2, -0.15) is 5.26 Å².